The maximum atomic E-state index is 5.96. The number of hydrogen-bond acceptors (Lipinski definition) is 2. The Balaban J connectivity index is 2.15. The molecule has 15 heavy (non-hydrogen) atoms. The Morgan fingerprint density at radius 3 is 2.80 bits per heavy atom. The highest BCUT2D eigenvalue weighted by atomic mass is 16.5. The van der Waals surface area contributed by atoms with Crippen LogP contribution in [-0.4, -0.2) is 25.3 Å². The third-order valence-corrected chi connectivity index (χ3v) is 3.14. The standard InChI is InChI=1S/C13H27NO/c1-4-9-14-12-6-5-7-13(12)15-10-8-11(2)3/h11-14H,4-10H2,1-3H3. The molecule has 0 amide bonds. The first-order valence-electron chi connectivity index (χ1n) is 6.59. The normalized spacial score (nSPS) is 26.4. The maximum Gasteiger partial charge on any atom is 0.0728 e. The molecule has 90 valence electrons. The Kier molecular flexibility index (Phi) is 6.26. The van der Waals surface area contributed by atoms with Gasteiger partial charge in [0.1, 0.15) is 0 Å². The highest BCUT2D eigenvalue weighted by Gasteiger charge is 2.26. The molecule has 0 aromatic rings. The van der Waals surface area contributed by atoms with E-state index in [9.17, 15) is 0 Å². The molecule has 2 heteroatoms. The van der Waals surface area contributed by atoms with E-state index in [2.05, 4.69) is 26.1 Å². The van der Waals surface area contributed by atoms with Crippen LogP contribution < -0.4 is 5.32 Å². The quantitative estimate of drug-likeness (QED) is 0.702. The number of nitrogens with one attached hydrogen (secondary N) is 1. The van der Waals surface area contributed by atoms with Gasteiger partial charge in [-0.25, -0.2) is 0 Å². The summed E-state index contributed by atoms with van der Waals surface area (Å²) in [5.41, 5.74) is 0. The fourth-order valence-corrected chi connectivity index (χ4v) is 2.14. The van der Waals surface area contributed by atoms with Crippen molar-refractivity contribution in [3.05, 3.63) is 0 Å². The van der Waals surface area contributed by atoms with Crippen molar-refractivity contribution in [3.8, 4) is 0 Å². The van der Waals surface area contributed by atoms with Gasteiger partial charge in [0.05, 0.1) is 6.10 Å². The summed E-state index contributed by atoms with van der Waals surface area (Å²) in [5, 5.41) is 3.59. The zero-order chi connectivity index (χ0) is 11.1. The topological polar surface area (TPSA) is 21.3 Å². The Morgan fingerprint density at radius 1 is 1.33 bits per heavy atom. The smallest absolute Gasteiger partial charge is 0.0728 e. The minimum absolute atomic E-state index is 0.482. The number of hydrogen-bond donors (Lipinski definition) is 1. The summed E-state index contributed by atoms with van der Waals surface area (Å²) in [6.07, 6.45) is 6.77. The second-order valence-electron chi connectivity index (χ2n) is 5.08. The first-order valence-corrected chi connectivity index (χ1v) is 6.59. The van der Waals surface area contributed by atoms with Crippen molar-refractivity contribution >= 4 is 0 Å². The Labute approximate surface area is 94.8 Å². The fourth-order valence-electron chi connectivity index (χ4n) is 2.14. The SMILES string of the molecule is CCCNC1CCCC1OCCC(C)C. The Bertz CT molecular complexity index is 159. The monoisotopic (exact) mass is 213 g/mol. The van der Waals surface area contributed by atoms with Crippen molar-refractivity contribution in [1.82, 2.24) is 5.32 Å². The molecule has 1 fully saturated rings. The van der Waals surface area contributed by atoms with E-state index in [1.807, 2.05) is 0 Å². The lowest BCUT2D eigenvalue weighted by Crippen LogP contribution is -2.37. The molecular weight excluding hydrogens is 186 g/mol. The molecule has 2 unspecified atom stereocenters. The van der Waals surface area contributed by atoms with Gasteiger partial charge in [-0.3, -0.25) is 0 Å². The van der Waals surface area contributed by atoms with Crippen LogP contribution >= 0.6 is 0 Å². The molecule has 0 saturated heterocycles. The van der Waals surface area contributed by atoms with Gasteiger partial charge in [-0.2, -0.15) is 0 Å². The molecular formula is C13H27NO. The number of rotatable bonds is 7. The van der Waals surface area contributed by atoms with Crippen LogP contribution in [0.4, 0.5) is 0 Å². The zero-order valence-corrected chi connectivity index (χ0v) is 10.6. The second-order valence-corrected chi connectivity index (χ2v) is 5.08. The van der Waals surface area contributed by atoms with E-state index in [1.165, 1.54) is 32.1 Å². The molecule has 0 spiro atoms. The van der Waals surface area contributed by atoms with Crippen molar-refractivity contribution in [1.29, 1.82) is 0 Å². The predicted octanol–water partition coefficient (Wildman–Crippen LogP) is 2.97. The van der Waals surface area contributed by atoms with E-state index in [-0.39, 0.29) is 0 Å². The molecule has 0 bridgehead atoms. The van der Waals surface area contributed by atoms with Gasteiger partial charge in [-0.1, -0.05) is 20.8 Å². The third kappa shape index (κ3) is 4.98. The molecule has 2 nitrogen and oxygen atoms in total. The zero-order valence-electron chi connectivity index (χ0n) is 10.6. The van der Waals surface area contributed by atoms with Crippen molar-refractivity contribution in [3.63, 3.8) is 0 Å². The van der Waals surface area contributed by atoms with Crippen LogP contribution in [0, 0.1) is 5.92 Å². The number of ether oxygens (including phenoxy) is 1. The summed E-state index contributed by atoms with van der Waals surface area (Å²) in [5.74, 6) is 0.758. The van der Waals surface area contributed by atoms with E-state index in [4.69, 9.17) is 4.74 Å². The molecule has 1 N–H and O–H groups in total. The lowest BCUT2D eigenvalue weighted by Gasteiger charge is -2.21. The van der Waals surface area contributed by atoms with Gasteiger partial charge in [0.15, 0.2) is 0 Å². The highest BCUT2D eigenvalue weighted by Crippen LogP contribution is 2.22. The molecule has 0 aromatic heterocycles. The summed E-state index contributed by atoms with van der Waals surface area (Å²) >= 11 is 0. The Morgan fingerprint density at radius 2 is 2.13 bits per heavy atom. The Hall–Kier alpha value is -0.0800. The summed E-state index contributed by atoms with van der Waals surface area (Å²) in [4.78, 5) is 0. The van der Waals surface area contributed by atoms with Crippen LogP contribution in [0.25, 0.3) is 0 Å². The van der Waals surface area contributed by atoms with Gasteiger partial charge in [0.2, 0.25) is 0 Å². The average molecular weight is 213 g/mol. The molecule has 0 aromatic carbocycles. The summed E-state index contributed by atoms with van der Waals surface area (Å²) < 4.78 is 5.96. The summed E-state index contributed by atoms with van der Waals surface area (Å²) in [7, 11) is 0. The van der Waals surface area contributed by atoms with Gasteiger partial charge < -0.3 is 10.1 Å². The molecule has 1 saturated carbocycles. The minimum Gasteiger partial charge on any atom is -0.377 e. The third-order valence-electron chi connectivity index (χ3n) is 3.14. The van der Waals surface area contributed by atoms with Crippen LogP contribution in [0.3, 0.4) is 0 Å². The van der Waals surface area contributed by atoms with E-state index < -0.39 is 0 Å². The summed E-state index contributed by atoms with van der Waals surface area (Å²) in [6.45, 7) is 8.80. The highest BCUT2D eigenvalue weighted by molar-refractivity contribution is 4.83. The van der Waals surface area contributed by atoms with Crippen molar-refractivity contribution in [2.45, 2.75) is 65.0 Å². The average Bonchev–Trinajstić information content (AvgIpc) is 2.62. The molecule has 1 aliphatic carbocycles. The van der Waals surface area contributed by atoms with Crippen LogP contribution in [0.5, 0.6) is 0 Å². The van der Waals surface area contributed by atoms with Gasteiger partial charge in [0, 0.05) is 12.6 Å². The van der Waals surface area contributed by atoms with Crippen LogP contribution in [-0.2, 0) is 4.74 Å². The van der Waals surface area contributed by atoms with Gasteiger partial charge in [0.25, 0.3) is 0 Å². The van der Waals surface area contributed by atoms with E-state index >= 15 is 0 Å². The van der Waals surface area contributed by atoms with Crippen molar-refractivity contribution in [2.75, 3.05) is 13.2 Å². The van der Waals surface area contributed by atoms with Gasteiger partial charge >= 0.3 is 0 Å². The van der Waals surface area contributed by atoms with Crippen LogP contribution in [0.15, 0.2) is 0 Å². The molecule has 0 radical (unpaired) electrons. The van der Waals surface area contributed by atoms with Gasteiger partial charge in [-0.15, -0.1) is 0 Å². The molecule has 0 heterocycles. The predicted molar refractivity (Wildman–Crippen MR) is 65.1 cm³/mol. The van der Waals surface area contributed by atoms with Crippen molar-refractivity contribution in [2.24, 2.45) is 5.92 Å². The minimum atomic E-state index is 0.482. The molecule has 1 rings (SSSR count). The largest absolute Gasteiger partial charge is 0.377 e. The lowest BCUT2D eigenvalue weighted by atomic mass is 10.1. The first kappa shape index (κ1) is 13.0. The van der Waals surface area contributed by atoms with Crippen LogP contribution in [0.1, 0.15) is 52.9 Å². The first-order chi connectivity index (χ1) is 7.24. The van der Waals surface area contributed by atoms with Crippen LogP contribution in [0.2, 0.25) is 0 Å². The second kappa shape index (κ2) is 7.24. The van der Waals surface area contributed by atoms with E-state index in [0.29, 0.717) is 12.1 Å². The lowest BCUT2D eigenvalue weighted by molar-refractivity contribution is 0.0340. The van der Waals surface area contributed by atoms with Crippen molar-refractivity contribution < 1.29 is 4.74 Å². The molecule has 0 aliphatic heterocycles. The maximum absolute atomic E-state index is 5.96. The summed E-state index contributed by atoms with van der Waals surface area (Å²) in [6, 6.07) is 0.622. The molecule has 2 atom stereocenters. The fraction of sp³-hybridized carbons (Fsp3) is 1.00. The van der Waals surface area contributed by atoms with Gasteiger partial charge in [-0.05, 0) is 44.6 Å². The molecule has 1 aliphatic rings. The van der Waals surface area contributed by atoms with E-state index in [0.717, 1.165) is 19.1 Å². The van der Waals surface area contributed by atoms with E-state index in [1.54, 1.807) is 0 Å².